The van der Waals surface area contributed by atoms with E-state index in [1.165, 1.54) is 5.56 Å². The van der Waals surface area contributed by atoms with E-state index in [0.717, 1.165) is 55.5 Å². The third kappa shape index (κ3) is 6.83. The Morgan fingerprint density at radius 1 is 1.00 bits per heavy atom. The van der Waals surface area contributed by atoms with Crippen LogP contribution < -0.4 is 10.5 Å². The molecular weight excluding hydrogens is 462 g/mol. The second-order valence-electron chi connectivity index (χ2n) is 7.02. The second kappa shape index (κ2) is 10.7. The minimum absolute atomic E-state index is 0. The first-order chi connectivity index (χ1) is 12.9. The van der Waals surface area contributed by atoms with Crippen LogP contribution in [0.4, 0.5) is 0 Å². The molecule has 2 aromatic carbocycles. The summed E-state index contributed by atoms with van der Waals surface area (Å²) in [6, 6.07) is 15.9. The first-order valence-electron chi connectivity index (χ1n) is 9.23. The smallest absolute Gasteiger partial charge is 0.238 e. The number of nitrogens with one attached hydrogen (secondary N) is 1. The Morgan fingerprint density at radius 2 is 1.57 bits per heavy atom. The molecule has 3 rings (SSSR count). The van der Waals surface area contributed by atoms with Crippen molar-refractivity contribution < 1.29 is 8.42 Å². The van der Waals surface area contributed by atoms with Crippen molar-refractivity contribution in [2.24, 2.45) is 5.14 Å². The zero-order valence-electron chi connectivity index (χ0n) is 15.7. The highest BCUT2D eigenvalue weighted by Crippen LogP contribution is 2.19. The van der Waals surface area contributed by atoms with Gasteiger partial charge in [-0.15, -0.1) is 12.4 Å². The second-order valence-corrected chi connectivity index (χ2v) is 9.49. The number of piperidine rings is 1. The van der Waals surface area contributed by atoms with Crippen molar-refractivity contribution in [1.82, 2.24) is 10.2 Å². The van der Waals surface area contributed by atoms with Gasteiger partial charge in [-0.25, -0.2) is 13.6 Å². The summed E-state index contributed by atoms with van der Waals surface area (Å²) in [7, 11) is -3.64. The molecule has 1 aliphatic rings. The molecule has 0 amide bonds. The lowest BCUT2D eigenvalue weighted by atomic mass is 10.0. The summed E-state index contributed by atoms with van der Waals surface area (Å²) in [4.78, 5) is 2.68. The third-order valence-corrected chi connectivity index (χ3v) is 6.52. The Kier molecular flexibility index (Phi) is 8.92. The first kappa shape index (κ1) is 23.3. The molecule has 28 heavy (non-hydrogen) atoms. The van der Waals surface area contributed by atoms with E-state index in [2.05, 4.69) is 50.4 Å². The van der Waals surface area contributed by atoms with Crippen LogP contribution in [0, 0.1) is 0 Å². The van der Waals surface area contributed by atoms with Gasteiger partial charge in [0.05, 0.1) is 4.90 Å². The van der Waals surface area contributed by atoms with E-state index < -0.39 is 10.0 Å². The number of sulfonamides is 1. The molecule has 0 radical (unpaired) electrons. The van der Waals surface area contributed by atoms with E-state index in [1.807, 2.05) is 12.1 Å². The summed E-state index contributed by atoms with van der Waals surface area (Å²) >= 11 is 3.48. The van der Waals surface area contributed by atoms with Gasteiger partial charge in [-0.2, -0.15) is 0 Å². The van der Waals surface area contributed by atoms with Crippen LogP contribution in [0.25, 0.3) is 0 Å². The van der Waals surface area contributed by atoms with Crippen LogP contribution in [0.5, 0.6) is 0 Å². The first-order valence-corrected chi connectivity index (χ1v) is 11.6. The maximum absolute atomic E-state index is 11.5. The van der Waals surface area contributed by atoms with Crippen LogP contribution in [0.3, 0.4) is 0 Å². The summed E-state index contributed by atoms with van der Waals surface area (Å²) < 4.78 is 24.0. The molecule has 1 aliphatic heterocycles. The van der Waals surface area contributed by atoms with Crippen LogP contribution in [0.15, 0.2) is 57.9 Å². The van der Waals surface area contributed by atoms with Gasteiger partial charge >= 0.3 is 0 Å². The lowest BCUT2D eigenvalue weighted by Crippen LogP contribution is -2.43. The Labute approximate surface area is 182 Å². The number of primary sulfonamides is 1. The molecular formula is C20H27BrClN3O2S. The van der Waals surface area contributed by atoms with Gasteiger partial charge in [0.2, 0.25) is 10.0 Å². The highest BCUT2D eigenvalue weighted by Gasteiger charge is 2.21. The summed E-state index contributed by atoms with van der Waals surface area (Å²) in [5, 5.41) is 8.62. The highest BCUT2D eigenvalue weighted by molar-refractivity contribution is 9.10. The fourth-order valence-corrected chi connectivity index (χ4v) is 4.29. The van der Waals surface area contributed by atoms with Gasteiger partial charge in [-0.3, -0.25) is 4.90 Å². The lowest BCUT2D eigenvalue weighted by molar-refractivity contribution is 0.155. The van der Waals surface area contributed by atoms with Gasteiger partial charge in [-0.1, -0.05) is 40.2 Å². The summed E-state index contributed by atoms with van der Waals surface area (Å²) in [5.41, 5.74) is 2.43. The number of benzene rings is 2. The van der Waals surface area contributed by atoms with E-state index in [4.69, 9.17) is 5.14 Å². The van der Waals surface area contributed by atoms with Crippen molar-refractivity contribution in [3.8, 4) is 0 Å². The maximum atomic E-state index is 11.5. The van der Waals surface area contributed by atoms with E-state index in [9.17, 15) is 8.42 Å². The monoisotopic (exact) mass is 487 g/mol. The standard InChI is InChI=1S/C20H26BrN3O2S.ClH/c21-18-5-1-16(2-6-18)11-14-24(19-9-12-23-13-10-19)15-17-3-7-20(8-4-17)27(22,25)26;/h1-8,19,23H,9-15H2,(H2,22,25,26);1H. The molecule has 3 N–H and O–H groups in total. The number of rotatable bonds is 7. The van der Waals surface area contributed by atoms with Crippen LogP contribution in [-0.4, -0.2) is 39.0 Å². The third-order valence-electron chi connectivity index (χ3n) is 5.06. The van der Waals surface area contributed by atoms with Gasteiger partial charge in [0, 0.05) is 23.6 Å². The molecule has 2 aromatic rings. The number of hydrogen-bond acceptors (Lipinski definition) is 4. The Hall–Kier alpha value is -0.960. The predicted octanol–water partition coefficient (Wildman–Crippen LogP) is 3.32. The zero-order chi connectivity index (χ0) is 19.3. The van der Waals surface area contributed by atoms with E-state index in [-0.39, 0.29) is 17.3 Å². The van der Waals surface area contributed by atoms with Crippen molar-refractivity contribution in [3.05, 3.63) is 64.1 Å². The molecule has 1 saturated heterocycles. The fraction of sp³-hybridized carbons (Fsp3) is 0.400. The maximum Gasteiger partial charge on any atom is 0.238 e. The topological polar surface area (TPSA) is 75.4 Å². The quantitative estimate of drug-likeness (QED) is 0.627. The minimum Gasteiger partial charge on any atom is -0.317 e. The lowest BCUT2D eigenvalue weighted by Gasteiger charge is -2.35. The average molecular weight is 489 g/mol. The molecule has 1 fully saturated rings. The Balaban J connectivity index is 0.00000280. The molecule has 5 nitrogen and oxygen atoms in total. The fourth-order valence-electron chi connectivity index (χ4n) is 3.51. The van der Waals surface area contributed by atoms with Crippen LogP contribution in [0.2, 0.25) is 0 Å². The molecule has 0 unspecified atom stereocenters. The molecule has 0 saturated carbocycles. The minimum atomic E-state index is -3.64. The van der Waals surface area contributed by atoms with Crippen LogP contribution >= 0.6 is 28.3 Å². The van der Waals surface area contributed by atoms with E-state index in [0.29, 0.717) is 6.04 Å². The Bertz CT molecular complexity index is 839. The number of hydrogen-bond donors (Lipinski definition) is 2. The van der Waals surface area contributed by atoms with Crippen LogP contribution in [0.1, 0.15) is 24.0 Å². The molecule has 0 aliphatic carbocycles. The number of nitrogens with two attached hydrogens (primary N) is 1. The summed E-state index contributed by atoms with van der Waals surface area (Å²) in [6.07, 6.45) is 3.26. The average Bonchev–Trinajstić information content (AvgIpc) is 2.67. The molecule has 0 spiro atoms. The molecule has 0 aromatic heterocycles. The molecule has 0 bridgehead atoms. The van der Waals surface area contributed by atoms with Crippen molar-refractivity contribution in [2.75, 3.05) is 19.6 Å². The highest BCUT2D eigenvalue weighted by atomic mass is 79.9. The zero-order valence-corrected chi connectivity index (χ0v) is 18.9. The van der Waals surface area contributed by atoms with Gasteiger partial charge in [-0.05, 0) is 67.7 Å². The summed E-state index contributed by atoms with van der Waals surface area (Å²) in [5.74, 6) is 0. The normalized spacial score (nSPS) is 15.4. The van der Waals surface area contributed by atoms with E-state index in [1.54, 1.807) is 12.1 Å². The Morgan fingerprint density at radius 3 is 2.14 bits per heavy atom. The molecule has 0 atom stereocenters. The molecule has 1 heterocycles. The number of halogens is 2. The van der Waals surface area contributed by atoms with Gasteiger partial charge in [0.1, 0.15) is 0 Å². The van der Waals surface area contributed by atoms with Crippen molar-refractivity contribution in [3.63, 3.8) is 0 Å². The van der Waals surface area contributed by atoms with Gasteiger partial charge < -0.3 is 5.32 Å². The predicted molar refractivity (Wildman–Crippen MR) is 119 cm³/mol. The van der Waals surface area contributed by atoms with E-state index >= 15 is 0 Å². The number of nitrogens with zero attached hydrogens (tertiary/aromatic N) is 1. The largest absolute Gasteiger partial charge is 0.317 e. The molecule has 154 valence electrons. The van der Waals surface area contributed by atoms with Gasteiger partial charge in [0.25, 0.3) is 0 Å². The summed E-state index contributed by atoms with van der Waals surface area (Å²) in [6.45, 7) is 3.88. The van der Waals surface area contributed by atoms with Crippen molar-refractivity contribution >= 4 is 38.4 Å². The SMILES string of the molecule is Cl.NS(=O)(=O)c1ccc(CN(CCc2ccc(Br)cc2)C2CCNCC2)cc1. The van der Waals surface area contributed by atoms with Crippen LogP contribution in [-0.2, 0) is 23.0 Å². The molecule has 8 heteroatoms. The van der Waals surface area contributed by atoms with Gasteiger partial charge in [0.15, 0.2) is 0 Å². The van der Waals surface area contributed by atoms with Crippen molar-refractivity contribution in [2.45, 2.75) is 36.7 Å². The van der Waals surface area contributed by atoms with Crippen molar-refractivity contribution in [1.29, 1.82) is 0 Å².